The summed E-state index contributed by atoms with van der Waals surface area (Å²) in [5.74, 6) is -3.33. The van der Waals surface area contributed by atoms with Crippen LogP contribution < -0.4 is 5.32 Å². The number of fused-ring (bicyclic) bond motifs is 1. The minimum absolute atomic E-state index is 0.0127. The molecule has 0 aliphatic heterocycles. The number of amides is 1. The van der Waals surface area contributed by atoms with Gasteiger partial charge in [0.1, 0.15) is 0 Å². The minimum Gasteiger partial charge on any atom is -0.479 e. The van der Waals surface area contributed by atoms with Gasteiger partial charge in [0.05, 0.1) is 6.54 Å². The van der Waals surface area contributed by atoms with Crippen molar-refractivity contribution in [1.82, 2.24) is 5.32 Å². The largest absolute Gasteiger partial charge is 0.479 e. The number of carbonyl (C=O) groups is 4. The molecule has 41 heavy (non-hydrogen) atoms. The van der Waals surface area contributed by atoms with Crippen LogP contribution in [0.1, 0.15) is 54.2 Å². The van der Waals surface area contributed by atoms with E-state index in [4.69, 9.17) is 5.11 Å². The molecule has 1 aliphatic carbocycles. The van der Waals surface area contributed by atoms with Gasteiger partial charge in [-0.05, 0) is 78.1 Å². The van der Waals surface area contributed by atoms with Crippen LogP contribution in [0.2, 0.25) is 0 Å². The zero-order valence-corrected chi connectivity index (χ0v) is 22.2. The van der Waals surface area contributed by atoms with Crippen molar-refractivity contribution in [3.63, 3.8) is 0 Å². The number of carbonyl (C=O) groups excluding carboxylic acids is 3. The maximum Gasteiger partial charge on any atom is 0.446 e. The molecule has 0 heterocycles. The minimum atomic E-state index is -4.53. The number of hydrogen-bond donors (Lipinski definition) is 3. The Kier molecular flexibility index (Phi) is 9.09. The van der Waals surface area contributed by atoms with E-state index < -0.39 is 41.6 Å². The molecule has 1 amide bonds. The molecule has 0 spiro atoms. The number of rotatable bonds is 10. The lowest BCUT2D eigenvalue weighted by molar-refractivity contribution is -0.146. The van der Waals surface area contributed by atoms with Gasteiger partial charge in [0.2, 0.25) is 0 Å². The number of aliphatic carboxylic acids is 1. The van der Waals surface area contributed by atoms with Gasteiger partial charge in [0, 0.05) is 27.2 Å². The van der Waals surface area contributed by atoms with Gasteiger partial charge in [0.15, 0.2) is 17.7 Å². The lowest BCUT2D eigenvalue weighted by Gasteiger charge is -2.11. The normalized spacial score (nSPS) is 13.8. The molecule has 0 fully saturated rings. The SMILES string of the molecule is O=C(/C=C(\C(=O)c1ccc(C(=O)NC[C@@H](O)C(=O)O)cc1)c1ccc2c(c1)CCC2)c1cccc(SC(F)(F)F)c1. The number of thioether (sulfide) groups is 1. The highest BCUT2D eigenvalue weighted by Gasteiger charge is 2.29. The van der Waals surface area contributed by atoms with Gasteiger partial charge < -0.3 is 15.5 Å². The number of aliphatic hydroxyl groups excluding tert-OH is 1. The summed E-state index contributed by atoms with van der Waals surface area (Å²) in [6.07, 6.45) is 2.02. The van der Waals surface area contributed by atoms with Crippen molar-refractivity contribution in [3.05, 3.63) is 106 Å². The van der Waals surface area contributed by atoms with Gasteiger partial charge in [-0.1, -0.05) is 42.5 Å². The summed E-state index contributed by atoms with van der Waals surface area (Å²) in [5.41, 5.74) is -1.57. The Hall–Kier alpha value is -4.22. The number of carboxylic acids is 1. The number of allylic oxidation sites excluding steroid dienone is 2. The fourth-order valence-electron chi connectivity index (χ4n) is 4.39. The summed E-state index contributed by atoms with van der Waals surface area (Å²) in [5, 5.41) is 20.4. The van der Waals surface area contributed by atoms with Crippen LogP contribution in [0.15, 0.2) is 77.7 Å². The first kappa shape index (κ1) is 29.8. The van der Waals surface area contributed by atoms with Crippen molar-refractivity contribution in [2.24, 2.45) is 0 Å². The van der Waals surface area contributed by atoms with E-state index in [-0.39, 0.29) is 38.9 Å². The number of aryl methyl sites for hydroxylation is 2. The zero-order chi connectivity index (χ0) is 29.7. The monoisotopic (exact) mass is 583 g/mol. The van der Waals surface area contributed by atoms with E-state index in [1.165, 1.54) is 42.5 Å². The van der Waals surface area contributed by atoms with Crippen LogP contribution >= 0.6 is 11.8 Å². The molecule has 0 saturated heterocycles. The van der Waals surface area contributed by atoms with Crippen molar-refractivity contribution in [1.29, 1.82) is 0 Å². The summed E-state index contributed by atoms with van der Waals surface area (Å²) in [6.45, 7) is -0.509. The molecule has 3 aromatic carbocycles. The predicted molar refractivity (Wildman–Crippen MR) is 146 cm³/mol. The highest BCUT2D eigenvalue weighted by molar-refractivity contribution is 8.00. The number of ketones is 2. The quantitative estimate of drug-likeness (QED) is 0.172. The summed E-state index contributed by atoms with van der Waals surface area (Å²) < 4.78 is 38.6. The molecular formula is C30H24F3NO6S. The van der Waals surface area contributed by atoms with E-state index in [0.717, 1.165) is 42.5 Å². The molecule has 212 valence electrons. The first-order valence-electron chi connectivity index (χ1n) is 12.5. The van der Waals surface area contributed by atoms with Crippen LogP contribution in [0.4, 0.5) is 13.2 Å². The predicted octanol–water partition coefficient (Wildman–Crippen LogP) is 5.11. The summed E-state index contributed by atoms with van der Waals surface area (Å²) in [7, 11) is 0. The van der Waals surface area contributed by atoms with Crippen LogP contribution in [0.25, 0.3) is 5.57 Å². The van der Waals surface area contributed by atoms with Crippen molar-refractivity contribution < 1.29 is 42.6 Å². The second-order valence-electron chi connectivity index (χ2n) is 9.31. The van der Waals surface area contributed by atoms with E-state index in [2.05, 4.69) is 5.32 Å². The second kappa shape index (κ2) is 12.5. The second-order valence-corrected chi connectivity index (χ2v) is 10.4. The van der Waals surface area contributed by atoms with Crippen LogP contribution in [0, 0.1) is 0 Å². The molecule has 1 aliphatic rings. The number of hydrogen-bond acceptors (Lipinski definition) is 6. The number of alkyl halides is 3. The van der Waals surface area contributed by atoms with Crippen LogP contribution in [-0.2, 0) is 17.6 Å². The average molecular weight is 584 g/mol. The molecule has 4 rings (SSSR count). The molecule has 3 aromatic rings. The molecule has 0 bridgehead atoms. The van der Waals surface area contributed by atoms with Crippen LogP contribution in [-0.4, -0.2) is 51.8 Å². The number of halogens is 3. The third-order valence-corrected chi connectivity index (χ3v) is 7.15. The summed E-state index contributed by atoms with van der Waals surface area (Å²) >= 11 is -0.341. The van der Waals surface area contributed by atoms with Gasteiger partial charge in [-0.15, -0.1) is 0 Å². The van der Waals surface area contributed by atoms with Gasteiger partial charge in [-0.2, -0.15) is 13.2 Å². The molecule has 0 unspecified atom stereocenters. The summed E-state index contributed by atoms with van der Waals surface area (Å²) in [6, 6.07) is 16.0. The maximum absolute atomic E-state index is 13.7. The molecule has 11 heteroatoms. The number of Topliss-reactive ketones (excluding diaryl/α,β-unsaturated/α-hetero) is 1. The Morgan fingerprint density at radius 1 is 0.878 bits per heavy atom. The fraction of sp³-hybridized carbons (Fsp3) is 0.200. The van der Waals surface area contributed by atoms with Gasteiger partial charge in [0.25, 0.3) is 5.91 Å². The number of benzene rings is 3. The lowest BCUT2D eigenvalue weighted by atomic mass is 9.92. The standard InChI is InChI=1S/C30H24F3NO6S/c31-30(32,33)41-23-6-2-5-22(14-23)25(35)15-24(21-12-7-17-3-1-4-20(17)13-21)27(37)18-8-10-19(11-9-18)28(38)34-16-26(36)29(39)40/h2,5-15,26,36H,1,3-4,16H2,(H,34,38)(H,39,40)/b24-15-/t26-/m1/s1. The van der Waals surface area contributed by atoms with Crippen molar-refractivity contribution in [2.75, 3.05) is 6.54 Å². The molecule has 3 N–H and O–H groups in total. The zero-order valence-electron chi connectivity index (χ0n) is 21.4. The van der Waals surface area contributed by atoms with E-state index in [9.17, 15) is 37.5 Å². The maximum atomic E-state index is 13.7. The van der Waals surface area contributed by atoms with E-state index in [1.54, 1.807) is 6.07 Å². The highest BCUT2D eigenvalue weighted by Crippen LogP contribution is 2.37. The average Bonchev–Trinajstić information content (AvgIpc) is 3.41. The number of nitrogens with one attached hydrogen (secondary N) is 1. The number of aliphatic hydroxyl groups is 1. The first-order valence-corrected chi connectivity index (χ1v) is 13.3. The molecule has 0 radical (unpaired) electrons. The van der Waals surface area contributed by atoms with Gasteiger partial charge in [-0.25, -0.2) is 4.79 Å². The fourth-order valence-corrected chi connectivity index (χ4v) is 4.99. The Morgan fingerprint density at radius 3 is 2.22 bits per heavy atom. The van der Waals surface area contributed by atoms with Gasteiger partial charge >= 0.3 is 11.5 Å². The highest BCUT2D eigenvalue weighted by atomic mass is 32.2. The van der Waals surface area contributed by atoms with Crippen molar-refractivity contribution in [2.45, 2.75) is 35.8 Å². The van der Waals surface area contributed by atoms with E-state index in [0.29, 0.717) is 5.56 Å². The molecule has 0 aromatic heterocycles. The van der Waals surface area contributed by atoms with Crippen molar-refractivity contribution in [3.8, 4) is 0 Å². The van der Waals surface area contributed by atoms with Crippen molar-refractivity contribution >= 4 is 40.8 Å². The molecular weight excluding hydrogens is 559 g/mol. The summed E-state index contributed by atoms with van der Waals surface area (Å²) in [4.78, 5) is 49.7. The molecule has 0 saturated carbocycles. The van der Waals surface area contributed by atoms with E-state index in [1.807, 2.05) is 12.1 Å². The Morgan fingerprint density at radius 2 is 1.54 bits per heavy atom. The topological polar surface area (TPSA) is 121 Å². The van der Waals surface area contributed by atoms with Crippen LogP contribution in [0.3, 0.4) is 0 Å². The number of carboxylic acid groups (broad SMARTS) is 1. The van der Waals surface area contributed by atoms with Crippen LogP contribution in [0.5, 0.6) is 0 Å². The Labute approximate surface area is 237 Å². The molecule has 1 atom stereocenters. The van der Waals surface area contributed by atoms with Gasteiger partial charge in [-0.3, -0.25) is 14.4 Å². The third kappa shape index (κ3) is 7.71. The smallest absolute Gasteiger partial charge is 0.446 e. The van der Waals surface area contributed by atoms with E-state index >= 15 is 0 Å². The Bertz CT molecular complexity index is 1530. The first-order chi connectivity index (χ1) is 19.4. The lowest BCUT2D eigenvalue weighted by Crippen LogP contribution is -2.36. The Balaban J connectivity index is 1.64. The third-order valence-electron chi connectivity index (χ3n) is 6.43. The molecule has 7 nitrogen and oxygen atoms in total.